The average Bonchev–Trinajstić information content (AvgIpc) is 3.00. The zero-order chi connectivity index (χ0) is 18.7. The third kappa shape index (κ3) is 5.09. The van der Waals surface area contributed by atoms with Crippen LogP contribution in [-0.2, 0) is 21.2 Å². The summed E-state index contributed by atoms with van der Waals surface area (Å²) in [4.78, 5) is 20.6. The minimum Gasteiger partial charge on any atom is -0.368 e. The quantitative estimate of drug-likeness (QED) is 0.809. The summed E-state index contributed by atoms with van der Waals surface area (Å²) in [7, 11) is -3.36. The Bertz CT molecular complexity index is 892. The number of hydrogen-bond donors (Lipinski definition) is 1. The highest BCUT2D eigenvalue weighted by Crippen LogP contribution is 2.21. The number of amides is 1. The van der Waals surface area contributed by atoms with Crippen molar-refractivity contribution in [2.45, 2.75) is 6.42 Å². The Balaban J connectivity index is 1.54. The molecule has 1 aliphatic rings. The molecule has 1 N–H and O–H groups in total. The van der Waals surface area contributed by atoms with Gasteiger partial charge in [-0.25, -0.2) is 13.4 Å². The molecule has 0 unspecified atom stereocenters. The molecule has 10 heteroatoms. The molecule has 0 bridgehead atoms. The number of sulfonamides is 1. The van der Waals surface area contributed by atoms with Crippen LogP contribution in [0.2, 0.25) is 5.02 Å². The van der Waals surface area contributed by atoms with E-state index in [9.17, 15) is 13.2 Å². The Hall–Kier alpha value is -1.84. The number of benzene rings is 1. The Kier molecular flexibility index (Phi) is 5.69. The predicted molar refractivity (Wildman–Crippen MR) is 105 cm³/mol. The number of carbonyl (C=O) groups excluding carboxylic acids is 1. The number of aromatic nitrogens is 1. The van der Waals surface area contributed by atoms with E-state index in [1.807, 2.05) is 29.2 Å². The second-order valence-electron chi connectivity index (χ2n) is 6.04. The maximum atomic E-state index is 12.5. The summed E-state index contributed by atoms with van der Waals surface area (Å²) in [6, 6.07) is 7.69. The van der Waals surface area contributed by atoms with Crippen LogP contribution in [0.25, 0.3) is 0 Å². The molecule has 1 aromatic carbocycles. The van der Waals surface area contributed by atoms with Gasteiger partial charge in [-0.3, -0.25) is 9.52 Å². The molecule has 140 valence electrons. The zero-order valence-corrected chi connectivity index (χ0v) is 16.6. The second kappa shape index (κ2) is 7.81. The maximum absolute atomic E-state index is 12.5. The zero-order valence-electron chi connectivity index (χ0n) is 14.2. The number of nitrogens with one attached hydrogen (secondary N) is 1. The minimum absolute atomic E-state index is 0.00745. The van der Waals surface area contributed by atoms with E-state index in [2.05, 4.69) is 14.6 Å². The summed E-state index contributed by atoms with van der Waals surface area (Å²) >= 11 is 7.21. The average molecular weight is 415 g/mol. The van der Waals surface area contributed by atoms with E-state index < -0.39 is 10.0 Å². The van der Waals surface area contributed by atoms with Crippen LogP contribution in [0.1, 0.15) is 5.69 Å². The van der Waals surface area contributed by atoms with Crippen LogP contribution in [0.5, 0.6) is 0 Å². The van der Waals surface area contributed by atoms with Gasteiger partial charge in [0.25, 0.3) is 0 Å². The van der Waals surface area contributed by atoms with Crippen molar-refractivity contribution < 1.29 is 13.2 Å². The van der Waals surface area contributed by atoms with E-state index in [0.717, 1.165) is 25.0 Å². The third-order valence-electron chi connectivity index (χ3n) is 3.96. The first kappa shape index (κ1) is 18.9. The van der Waals surface area contributed by atoms with Crippen molar-refractivity contribution in [3.05, 3.63) is 40.4 Å². The first-order valence-electron chi connectivity index (χ1n) is 8.01. The van der Waals surface area contributed by atoms with Crippen molar-refractivity contribution in [1.82, 2.24) is 9.88 Å². The van der Waals surface area contributed by atoms with E-state index in [0.29, 0.717) is 23.8 Å². The lowest BCUT2D eigenvalue weighted by Crippen LogP contribution is -2.49. The molecule has 3 rings (SSSR count). The van der Waals surface area contributed by atoms with Gasteiger partial charge in [-0.15, -0.1) is 11.3 Å². The van der Waals surface area contributed by atoms with Crippen molar-refractivity contribution in [1.29, 1.82) is 0 Å². The van der Waals surface area contributed by atoms with Gasteiger partial charge in [0.15, 0.2) is 5.13 Å². The maximum Gasteiger partial charge on any atom is 0.231 e. The molecule has 2 aromatic rings. The van der Waals surface area contributed by atoms with Gasteiger partial charge >= 0.3 is 0 Å². The molecule has 1 amide bonds. The van der Waals surface area contributed by atoms with Crippen LogP contribution in [0.3, 0.4) is 0 Å². The summed E-state index contributed by atoms with van der Waals surface area (Å²) in [5.41, 5.74) is 1.63. The fourth-order valence-electron chi connectivity index (χ4n) is 2.75. The molecule has 0 spiro atoms. The van der Waals surface area contributed by atoms with Gasteiger partial charge in [-0.05, 0) is 18.2 Å². The van der Waals surface area contributed by atoms with Gasteiger partial charge in [0.2, 0.25) is 15.9 Å². The highest BCUT2D eigenvalue weighted by atomic mass is 35.5. The Labute approximate surface area is 161 Å². The van der Waals surface area contributed by atoms with Gasteiger partial charge < -0.3 is 9.80 Å². The number of halogens is 1. The molecule has 26 heavy (non-hydrogen) atoms. The molecule has 1 aromatic heterocycles. The number of carbonyl (C=O) groups is 1. The summed E-state index contributed by atoms with van der Waals surface area (Å²) in [5.74, 6) is -0.00745. The van der Waals surface area contributed by atoms with E-state index in [4.69, 9.17) is 11.6 Å². The van der Waals surface area contributed by atoms with E-state index in [-0.39, 0.29) is 17.5 Å². The van der Waals surface area contributed by atoms with Gasteiger partial charge in [0.05, 0.1) is 18.4 Å². The van der Waals surface area contributed by atoms with Gasteiger partial charge in [-0.1, -0.05) is 17.7 Å². The highest BCUT2D eigenvalue weighted by Gasteiger charge is 2.22. The first-order chi connectivity index (χ1) is 12.3. The SMILES string of the molecule is CS(=O)(=O)Nc1nc(CC(=O)N2CCN(c3cccc(Cl)c3)CC2)cs1. The van der Waals surface area contributed by atoms with Crippen LogP contribution in [0.4, 0.5) is 10.8 Å². The van der Waals surface area contributed by atoms with E-state index in [1.165, 1.54) is 11.3 Å². The van der Waals surface area contributed by atoms with Crippen LogP contribution in [0, 0.1) is 0 Å². The molecule has 7 nitrogen and oxygen atoms in total. The summed E-state index contributed by atoms with van der Waals surface area (Å²) in [6.45, 7) is 2.74. The number of hydrogen-bond acceptors (Lipinski definition) is 6. The predicted octanol–water partition coefficient (Wildman–Crippen LogP) is 2.06. The number of thiazole rings is 1. The Morgan fingerprint density at radius 1 is 1.31 bits per heavy atom. The van der Waals surface area contributed by atoms with E-state index in [1.54, 1.807) is 5.38 Å². The van der Waals surface area contributed by atoms with Crippen molar-refractivity contribution in [2.24, 2.45) is 0 Å². The molecule has 1 fully saturated rings. The molecular formula is C16H19ClN4O3S2. The fourth-order valence-corrected chi connectivity index (χ4v) is 4.49. The van der Waals surface area contributed by atoms with Gasteiger partial charge in [-0.2, -0.15) is 0 Å². The van der Waals surface area contributed by atoms with Crippen LogP contribution in [-0.4, -0.2) is 56.6 Å². The molecule has 2 heterocycles. The highest BCUT2D eigenvalue weighted by molar-refractivity contribution is 7.92. The number of nitrogens with zero attached hydrogens (tertiary/aromatic N) is 3. The molecule has 0 atom stereocenters. The minimum atomic E-state index is -3.36. The molecule has 1 aliphatic heterocycles. The van der Waals surface area contributed by atoms with Crippen LogP contribution >= 0.6 is 22.9 Å². The molecule has 0 aliphatic carbocycles. The number of rotatable bonds is 5. The first-order valence-corrected chi connectivity index (χ1v) is 11.2. The van der Waals surface area contributed by atoms with Crippen molar-refractivity contribution in [3.63, 3.8) is 0 Å². The third-order valence-corrected chi connectivity index (χ3v) is 5.70. The standard InChI is InChI=1S/C16H19ClN4O3S2/c1-26(23,24)19-16-18-13(11-25-16)10-15(22)21-7-5-20(6-8-21)14-4-2-3-12(17)9-14/h2-4,9,11H,5-8,10H2,1H3,(H,18,19). The monoisotopic (exact) mass is 414 g/mol. The van der Waals surface area contributed by atoms with Crippen molar-refractivity contribution in [2.75, 3.05) is 42.1 Å². The summed E-state index contributed by atoms with van der Waals surface area (Å²) in [5, 5.41) is 2.68. The Morgan fingerprint density at radius 3 is 2.69 bits per heavy atom. The fraction of sp³-hybridized carbons (Fsp3) is 0.375. The topological polar surface area (TPSA) is 82.6 Å². The lowest BCUT2D eigenvalue weighted by Gasteiger charge is -2.36. The summed E-state index contributed by atoms with van der Waals surface area (Å²) < 4.78 is 24.8. The number of anilines is 2. The molecule has 0 saturated carbocycles. The Morgan fingerprint density at radius 2 is 2.04 bits per heavy atom. The van der Waals surface area contributed by atoms with Crippen LogP contribution in [0.15, 0.2) is 29.6 Å². The largest absolute Gasteiger partial charge is 0.368 e. The second-order valence-corrected chi connectivity index (χ2v) is 9.09. The number of piperazine rings is 1. The van der Waals surface area contributed by atoms with Gasteiger partial charge in [0.1, 0.15) is 0 Å². The smallest absolute Gasteiger partial charge is 0.231 e. The van der Waals surface area contributed by atoms with Gasteiger partial charge in [0, 0.05) is 42.3 Å². The molecular weight excluding hydrogens is 396 g/mol. The normalized spacial score (nSPS) is 15.2. The van der Waals surface area contributed by atoms with E-state index >= 15 is 0 Å². The molecule has 1 saturated heterocycles. The summed E-state index contributed by atoms with van der Waals surface area (Å²) in [6.07, 6.45) is 1.23. The van der Waals surface area contributed by atoms with Crippen LogP contribution < -0.4 is 9.62 Å². The molecule has 0 radical (unpaired) electrons. The van der Waals surface area contributed by atoms with Crippen molar-refractivity contribution in [3.8, 4) is 0 Å². The lowest BCUT2D eigenvalue weighted by atomic mass is 10.2. The lowest BCUT2D eigenvalue weighted by molar-refractivity contribution is -0.130. The van der Waals surface area contributed by atoms with Crippen molar-refractivity contribution >= 4 is 49.7 Å².